The van der Waals surface area contributed by atoms with Gasteiger partial charge in [-0.15, -0.1) is 0 Å². The second-order valence-corrected chi connectivity index (χ2v) is 7.10. The Morgan fingerprint density at radius 1 is 1.08 bits per heavy atom. The Morgan fingerprint density at radius 3 is 2.50 bits per heavy atom. The number of hydrogen-bond donors (Lipinski definition) is 0. The van der Waals surface area contributed by atoms with Crippen molar-refractivity contribution in [3.63, 3.8) is 0 Å². The molecule has 2 atom stereocenters. The first-order valence-corrected chi connectivity index (χ1v) is 8.24. The number of methoxy groups -OCH3 is 1. The Kier molecular flexibility index (Phi) is 4.67. The third kappa shape index (κ3) is 3.49. The van der Waals surface area contributed by atoms with E-state index in [1.165, 1.54) is 0 Å². The number of hydrogen-bond acceptors (Lipinski definition) is 4. The second-order valence-electron chi connectivity index (χ2n) is 7.10. The lowest BCUT2D eigenvalue weighted by Crippen LogP contribution is -2.22. The molecule has 0 unspecified atom stereocenters. The molecule has 0 fully saturated rings. The molecule has 0 aliphatic carbocycles. The zero-order valence-corrected chi connectivity index (χ0v) is 14.7. The van der Waals surface area contributed by atoms with Crippen LogP contribution < -0.4 is 0 Å². The summed E-state index contributed by atoms with van der Waals surface area (Å²) >= 11 is 0. The quantitative estimate of drug-likeness (QED) is 0.840. The number of nitrogens with zero attached hydrogens (tertiary/aromatic N) is 2. The minimum absolute atomic E-state index is 0.0347. The molecular weight excluding hydrogens is 300 g/mol. The summed E-state index contributed by atoms with van der Waals surface area (Å²) in [5.74, 6) is 0.606. The summed E-state index contributed by atoms with van der Waals surface area (Å²) in [6.07, 6.45) is -0.0793. The summed E-state index contributed by atoms with van der Waals surface area (Å²) in [7, 11) is 1.72. The van der Waals surface area contributed by atoms with E-state index in [4.69, 9.17) is 19.5 Å². The maximum Gasteiger partial charge on any atom is 0.236 e. The van der Waals surface area contributed by atoms with Crippen LogP contribution in [-0.4, -0.2) is 24.6 Å². The number of benzene rings is 1. The summed E-state index contributed by atoms with van der Waals surface area (Å²) in [4.78, 5) is 9.45. The van der Waals surface area contributed by atoms with Crippen molar-refractivity contribution in [1.29, 1.82) is 0 Å². The topological polar surface area (TPSA) is 43.7 Å². The predicted octanol–water partition coefficient (Wildman–Crippen LogP) is 4.33. The van der Waals surface area contributed by atoms with E-state index in [2.05, 4.69) is 32.9 Å². The van der Waals surface area contributed by atoms with Crippen LogP contribution in [0.2, 0.25) is 0 Å². The van der Waals surface area contributed by atoms with E-state index in [0.29, 0.717) is 12.5 Å². The molecule has 3 rings (SSSR count). The van der Waals surface area contributed by atoms with Crippen molar-refractivity contribution >= 4 is 5.90 Å². The largest absolute Gasteiger partial charge is 0.474 e. The van der Waals surface area contributed by atoms with Crippen LogP contribution in [0.25, 0.3) is 0 Å². The standard InChI is InChI=1S/C20H24N2O2/c1-20(2,3)18(23-4)15-11-8-12-16(21-15)19-22-17(13-24-19)14-9-6-5-7-10-14/h5-12,17-18H,13H2,1-4H3/t17-,18+/m0/s1. The molecule has 0 bridgehead atoms. The highest BCUT2D eigenvalue weighted by atomic mass is 16.5. The van der Waals surface area contributed by atoms with Crippen molar-refractivity contribution in [2.45, 2.75) is 32.9 Å². The van der Waals surface area contributed by atoms with E-state index < -0.39 is 0 Å². The van der Waals surface area contributed by atoms with Gasteiger partial charge in [0, 0.05) is 7.11 Å². The number of ether oxygens (including phenoxy) is 2. The molecule has 1 aliphatic heterocycles. The first-order valence-electron chi connectivity index (χ1n) is 8.24. The summed E-state index contributed by atoms with van der Waals surface area (Å²) in [6, 6.07) is 16.1. The van der Waals surface area contributed by atoms with Gasteiger partial charge in [0.05, 0.1) is 5.69 Å². The summed E-state index contributed by atoms with van der Waals surface area (Å²) in [5, 5.41) is 0. The van der Waals surface area contributed by atoms with E-state index in [1.54, 1.807) is 7.11 Å². The molecule has 0 radical (unpaired) electrons. The lowest BCUT2D eigenvalue weighted by atomic mass is 9.87. The maximum absolute atomic E-state index is 5.81. The third-order valence-corrected chi connectivity index (χ3v) is 4.12. The maximum atomic E-state index is 5.81. The Hall–Kier alpha value is -2.20. The van der Waals surface area contributed by atoms with E-state index in [0.717, 1.165) is 17.0 Å². The van der Waals surface area contributed by atoms with Crippen molar-refractivity contribution in [3.05, 3.63) is 65.5 Å². The molecule has 0 N–H and O–H groups in total. The zero-order valence-electron chi connectivity index (χ0n) is 14.7. The molecule has 0 spiro atoms. The second kappa shape index (κ2) is 6.73. The van der Waals surface area contributed by atoms with Crippen LogP contribution in [0.15, 0.2) is 53.5 Å². The van der Waals surface area contributed by atoms with Crippen LogP contribution in [0, 0.1) is 5.41 Å². The van der Waals surface area contributed by atoms with Gasteiger partial charge in [0.15, 0.2) is 0 Å². The fourth-order valence-electron chi connectivity index (χ4n) is 2.99. The van der Waals surface area contributed by atoms with E-state index in [-0.39, 0.29) is 17.6 Å². The Bertz CT molecular complexity index is 720. The molecule has 4 heteroatoms. The molecule has 1 aromatic heterocycles. The van der Waals surface area contributed by atoms with Crippen LogP contribution in [-0.2, 0) is 9.47 Å². The fraction of sp³-hybridized carbons (Fsp3) is 0.400. The van der Waals surface area contributed by atoms with Crippen LogP contribution in [0.5, 0.6) is 0 Å². The zero-order chi connectivity index (χ0) is 17.2. The van der Waals surface area contributed by atoms with Crippen LogP contribution in [0.1, 0.15) is 49.9 Å². The summed E-state index contributed by atoms with van der Waals surface area (Å²) < 4.78 is 11.5. The molecule has 1 aliphatic rings. The van der Waals surface area contributed by atoms with Crippen molar-refractivity contribution in [3.8, 4) is 0 Å². The Labute approximate surface area is 143 Å². The van der Waals surface area contributed by atoms with Gasteiger partial charge in [0.1, 0.15) is 24.4 Å². The number of aromatic nitrogens is 1. The molecule has 0 saturated heterocycles. The third-order valence-electron chi connectivity index (χ3n) is 4.12. The van der Waals surface area contributed by atoms with Crippen molar-refractivity contribution < 1.29 is 9.47 Å². The lowest BCUT2D eigenvalue weighted by Gasteiger charge is -2.29. The van der Waals surface area contributed by atoms with Crippen molar-refractivity contribution in [2.75, 3.05) is 13.7 Å². The van der Waals surface area contributed by atoms with E-state index in [9.17, 15) is 0 Å². The molecule has 126 valence electrons. The number of rotatable bonds is 4. The van der Waals surface area contributed by atoms with Gasteiger partial charge in [-0.3, -0.25) is 0 Å². The normalized spacial score (nSPS) is 18.8. The van der Waals surface area contributed by atoms with Crippen molar-refractivity contribution in [1.82, 2.24) is 4.98 Å². The molecule has 2 heterocycles. The highest BCUT2D eigenvalue weighted by Crippen LogP contribution is 2.34. The highest BCUT2D eigenvalue weighted by Gasteiger charge is 2.28. The fourth-order valence-corrected chi connectivity index (χ4v) is 2.99. The first-order chi connectivity index (χ1) is 11.5. The SMILES string of the molecule is CO[C@H](c1cccc(C2=N[C@H](c3ccccc3)CO2)n1)C(C)(C)C. The lowest BCUT2D eigenvalue weighted by molar-refractivity contribution is 0.0120. The van der Waals surface area contributed by atoms with Gasteiger partial charge in [0.2, 0.25) is 5.90 Å². The molecule has 1 aromatic carbocycles. The molecule has 24 heavy (non-hydrogen) atoms. The highest BCUT2D eigenvalue weighted by molar-refractivity contribution is 5.93. The summed E-state index contributed by atoms with van der Waals surface area (Å²) in [6.45, 7) is 6.98. The average molecular weight is 324 g/mol. The molecular formula is C20H24N2O2. The van der Waals surface area contributed by atoms with E-state index >= 15 is 0 Å². The monoisotopic (exact) mass is 324 g/mol. The minimum atomic E-state index is -0.0793. The number of pyridine rings is 1. The average Bonchev–Trinajstić information content (AvgIpc) is 3.05. The van der Waals surface area contributed by atoms with Crippen molar-refractivity contribution in [2.24, 2.45) is 10.4 Å². The Morgan fingerprint density at radius 2 is 1.83 bits per heavy atom. The minimum Gasteiger partial charge on any atom is -0.474 e. The molecule has 0 saturated carbocycles. The van der Waals surface area contributed by atoms with Gasteiger partial charge in [-0.1, -0.05) is 57.2 Å². The van der Waals surface area contributed by atoms with Crippen LogP contribution >= 0.6 is 0 Å². The van der Waals surface area contributed by atoms with Gasteiger partial charge in [-0.05, 0) is 23.1 Å². The van der Waals surface area contributed by atoms with Gasteiger partial charge in [0.25, 0.3) is 0 Å². The molecule has 4 nitrogen and oxygen atoms in total. The first kappa shape index (κ1) is 16.7. The summed E-state index contributed by atoms with van der Waals surface area (Å²) in [5.41, 5.74) is 2.79. The van der Waals surface area contributed by atoms with Crippen LogP contribution in [0.4, 0.5) is 0 Å². The van der Waals surface area contributed by atoms with Crippen LogP contribution in [0.3, 0.4) is 0 Å². The van der Waals surface area contributed by atoms with Gasteiger partial charge in [-0.25, -0.2) is 9.98 Å². The smallest absolute Gasteiger partial charge is 0.236 e. The molecule has 0 amide bonds. The predicted molar refractivity (Wildman–Crippen MR) is 95.1 cm³/mol. The van der Waals surface area contributed by atoms with Gasteiger partial charge < -0.3 is 9.47 Å². The number of aliphatic imine (C=N–C) groups is 1. The Balaban J connectivity index is 1.87. The van der Waals surface area contributed by atoms with Gasteiger partial charge in [-0.2, -0.15) is 0 Å². The molecule has 2 aromatic rings. The van der Waals surface area contributed by atoms with Gasteiger partial charge >= 0.3 is 0 Å². The van der Waals surface area contributed by atoms with E-state index in [1.807, 2.05) is 36.4 Å².